The molecule has 0 bridgehead atoms. The van der Waals surface area contributed by atoms with Gasteiger partial charge in [0.25, 0.3) is 0 Å². The third-order valence-electron chi connectivity index (χ3n) is 2.66. The van der Waals surface area contributed by atoms with Crippen molar-refractivity contribution in [2.75, 3.05) is 11.0 Å². The zero-order valence-electron chi connectivity index (χ0n) is 12.4. The summed E-state index contributed by atoms with van der Waals surface area (Å²) in [7, 11) is 0. The van der Waals surface area contributed by atoms with Gasteiger partial charge in [-0.05, 0) is 38.1 Å². The molecule has 2 atom stereocenters. The molecule has 1 aromatic rings. The van der Waals surface area contributed by atoms with Crippen molar-refractivity contribution in [2.45, 2.75) is 36.9 Å². The monoisotopic (exact) mass is 518 g/mol. The molecular weight excluding hydrogens is 498 g/mol. The van der Waals surface area contributed by atoms with E-state index in [2.05, 4.69) is 45.2 Å². The van der Waals surface area contributed by atoms with Crippen LogP contribution in [0.5, 0.6) is 11.5 Å². The van der Waals surface area contributed by atoms with Crippen LogP contribution in [0, 0.1) is 0 Å². The van der Waals surface area contributed by atoms with Crippen molar-refractivity contribution in [3.63, 3.8) is 0 Å². The van der Waals surface area contributed by atoms with Gasteiger partial charge in [-0.25, -0.2) is 0 Å². The van der Waals surface area contributed by atoms with Crippen molar-refractivity contribution in [2.24, 2.45) is 0 Å². The topological polar surface area (TPSA) is 44.8 Å². The Kier molecular flexibility index (Phi) is 8.25. The van der Waals surface area contributed by atoms with Gasteiger partial charge in [0, 0.05) is 17.5 Å². The van der Waals surface area contributed by atoms with Crippen molar-refractivity contribution in [1.29, 1.82) is 0 Å². The predicted molar refractivity (Wildman–Crippen MR) is 99.7 cm³/mol. The lowest BCUT2D eigenvalue weighted by atomic mass is 10.2. The molecule has 0 aliphatic carbocycles. The fourth-order valence-corrected chi connectivity index (χ4v) is 1.85. The number of halogens is 2. The molecule has 0 saturated heterocycles. The Morgan fingerprint density at radius 3 is 2.29 bits per heavy atom. The molecule has 118 valence electrons. The third-order valence-corrected chi connectivity index (χ3v) is 6.47. The Balaban J connectivity index is 2.64. The molecule has 0 aliphatic rings. The molecule has 6 heteroatoms. The van der Waals surface area contributed by atoms with E-state index in [0.717, 1.165) is 6.42 Å². The number of hydrogen-bond donors (Lipinski definition) is 0. The Labute approximate surface area is 153 Å². The molecule has 0 radical (unpaired) electrons. The fourth-order valence-electron chi connectivity index (χ4n) is 1.43. The highest BCUT2D eigenvalue weighted by atomic mass is 127. The van der Waals surface area contributed by atoms with Crippen LogP contribution < -0.4 is 9.47 Å². The summed E-state index contributed by atoms with van der Waals surface area (Å²) in [6.45, 7) is 6.40. The zero-order chi connectivity index (χ0) is 15.9. The van der Waals surface area contributed by atoms with Crippen LogP contribution in [0.25, 0.3) is 0 Å². The minimum atomic E-state index is -0.518. The summed E-state index contributed by atoms with van der Waals surface area (Å²) in [6, 6.07) is 7.01. The SMILES string of the molecule is CCOC(CC)Oc1ccc(OC(=O)C(C)(I)CI)cc1. The number of alkyl halides is 2. The molecule has 0 heterocycles. The van der Waals surface area contributed by atoms with Crippen LogP contribution in [0.1, 0.15) is 27.2 Å². The highest BCUT2D eigenvalue weighted by Crippen LogP contribution is 2.25. The molecule has 0 spiro atoms. The number of rotatable bonds is 8. The second kappa shape index (κ2) is 9.14. The van der Waals surface area contributed by atoms with Crippen molar-refractivity contribution < 1.29 is 19.0 Å². The molecule has 4 nitrogen and oxygen atoms in total. The van der Waals surface area contributed by atoms with Gasteiger partial charge < -0.3 is 14.2 Å². The van der Waals surface area contributed by atoms with E-state index >= 15 is 0 Å². The fraction of sp³-hybridized carbons (Fsp3) is 0.533. The van der Waals surface area contributed by atoms with Crippen LogP contribution in [-0.2, 0) is 9.53 Å². The number of ether oxygens (including phenoxy) is 3. The normalized spacial score (nSPS) is 15.1. The number of carbonyl (C=O) groups is 1. The highest BCUT2D eigenvalue weighted by Gasteiger charge is 2.30. The summed E-state index contributed by atoms with van der Waals surface area (Å²) in [4.78, 5) is 12.0. The lowest BCUT2D eigenvalue weighted by molar-refractivity contribution is -0.135. The molecule has 1 aromatic carbocycles. The number of esters is 1. The second-order valence-electron chi connectivity index (χ2n) is 4.60. The van der Waals surface area contributed by atoms with E-state index in [4.69, 9.17) is 14.2 Å². The predicted octanol–water partition coefficient (Wildman–Crippen LogP) is 4.37. The summed E-state index contributed by atoms with van der Waals surface area (Å²) in [5.41, 5.74) is 0. The van der Waals surface area contributed by atoms with Gasteiger partial charge in [0.2, 0.25) is 0 Å². The van der Waals surface area contributed by atoms with Crippen LogP contribution in [-0.4, -0.2) is 26.7 Å². The summed E-state index contributed by atoms with van der Waals surface area (Å²) < 4.78 is 16.7. The van der Waals surface area contributed by atoms with Gasteiger partial charge in [0.05, 0.1) is 0 Å². The van der Waals surface area contributed by atoms with E-state index in [9.17, 15) is 4.79 Å². The standard InChI is InChI=1S/C15H20I2O4/c1-4-13(19-5-2)20-11-6-8-12(9-7-11)21-14(18)15(3,17)10-16/h6-9,13H,4-5,10H2,1-3H3. The first-order valence-electron chi connectivity index (χ1n) is 6.78. The van der Waals surface area contributed by atoms with Crippen molar-refractivity contribution in [1.82, 2.24) is 0 Å². The van der Waals surface area contributed by atoms with Crippen molar-refractivity contribution in [3.8, 4) is 11.5 Å². The van der Waals surface area contributed by atoms with E-state index in [1.165, 1.54) is 0 Å². The summed E-state index contributed by atoms with van der Waals surface area (Å²) in [5, 5.41) is 0. The molecule has 2 unspecified atom stereocenters. The van der Waals surface area contributed by atoms with Gasteiger partial charge in [0.15, 0.2) is 6.29 Å². The second-order valence-corrected chi connectivity index (χ2v) is 7.75. The first-order valence-corrected chi connectivity index (χ1v) is 9.38. The van der Waals surface area contributed by atoms with Crippen LogP contribution in [0.2, 0.25) is 0 Å². The lowest BCUT2D eigenvalue weighted by Crippen LogP contribution is -2.34. The van der Waals surface area contributed by atoms with Gasteiger partial charge in [-0.3, -0.25) is 4.79 Å². The van der Waals surface area contributed by atoms with E-state index in [-0.39, 0.29) is 12.3 Å². The van der Waals surface area contributed by atoms with Crippen molar-refractivity contribution in [3.05, 3.63) is 24.3 Å². The quantitative estimate of drug-likeness (QED) is 0.169. The largest absolute Gasteiger partial charge is 0.465 e. The van der Waals surface area contributed by atoms with Crippen LogP contribution >= 0.6 is 45.2 Å². The molecule has 21 heavy (non-hydrogen) atoms. The first kappa shape index (κ1) is 19.0. The van der Waals surface area contributed by atoms with Gasteiger partial charge in [-0.2, -0.15) is 0 Å². The lowest BCUT2D eigenvalue weighted by Gasteiger charge is -2.19. The van der Waals surface area contributed by atoms with E-state index in [1.54, 1.807) is 24.3 Å². The minimum Gasteiger partial charge on any atom is -0.465 e. The number of benzene rings is 1. The minimum absolute atomic E-state index is 0.244. The van der Waals surface area contributed by atoms with Gasteiger partial charge in [-0.15, -0.1) is 0 Å². The summed E-state index contributed by atoms with van der Waals surface area (Å²) in [6.07, 6.45) is 0.521. The van der Waals surface area contributed by atoms with Gasteiger partial charge >= 0.3 is 5.97 Å². The maximum atomic E-state index is 12.0. The van der Waals surface area contributed by atoms with E-state index < -0.39 is 3.42 Å². The Hall–Kier alpha value is -0.0900. The maximum Gasteiger partial charge on any atom is 0.327 e. The summed E-state index contributed by atoms with van der Waals surface area (Å²) >= 11 is 4.28. The van der Waals surface area contributed by atoms with Crippen LogP contribution in [0.4, 0.5) is 0 Å². The molecule has 1 rings (SSSR count). The van der Waals surface area contributed by atoms with Crippen LogP contribution in [0.3, 0.4) is 0 Å². The first-order chi connectivity index (χ1) is 9.92. The van der Waals surface area contributed by atoms with Crippen LogP contribution in [0.15, 0.2) is 24.3 Å². The molecule has 0 fully saturated rings. The maximum absolute atomic E-state index is 12.0. The Bertz CT molecular complexity index is 445. The molecule has 0 aromatic heterocycles. The molecule has 0 saturated carbocycles. The molecule has 0 N–H and O–H groups in total. The Morgan fingerprint density at radius 2 is 1.81 bits per heavy atom. The van der Waals surface area contributed by atoms with E-state index in [0.29, 0.717) is 22.5 Å². The van der Waals surface area contributed by atoms with Gasteiger partial charge in [-0.1, -0.05) is 52.1 Å². The molecule has 0 amide bonds. The average molecular weight is 518 g/mol. The third kappa shape index (κ3) is 6.27. The number of hydrogen-bond acceptors (Lipinski definition) is 4. The Morgan fingerprint density at radius 1 is 1.24 bits per heavy atom. The molecule has 0 aliphatic heterocycles. The highest BCUT2D eigenvalue weighted by molar-refractivity contribution is 14.1. The molecular formula is C15H20I2O4. The average Bonchev–Trinajstić information content (AvgIpc) is 2.48. The van der Waals surface area contributed by atoms with Crippen molar-refractivity contribution >= 4 is 51.2 Å². The smallest absolute Gasteiger partial charge is 0.327 e. The summed E-state index contributed by atoms with van der Waals surface area (Å²) in [5.74, 6) is 0.970. The number of carbonyl (C=O) groups excluding carboxylic acids is 1. The zero-order valence-corrected chi connectivity index (χ0v) is 16.7. The van der Waals surface area contributed by atoms with E-state index in [1.807, 2.05) is 20.8 Å². The van der Waals surface area contributed by atoms with Gasteiger partial charge in [0.1, 0.15) is 14.9 Å².